The van der Waals surface area contributed by atoms with E-state index in [1.165, 1.54) is 0 Å². The van der Waals surface area contributed by atoms with Gasteiger partial charge in [-0.2, -0.15) is 0 Å². The minimum Gasteiger partial charge on any atom is -0.394 e. The predicted octanol–water partition coefficient (Wildman–Crippen LogP) is 1.81. The van der Waals surface area contributed by atoms with Crippen molar-refractivity contribution in [1.29, 1.82) is 0 Å². The molecular weight excluding hydrogens is 494 g/mol. The quantitative estimate of drug-likeness (QED) is 0.372. The second-order valence-electron chi connectivity index (χ2n) is 11.1. The molecule has 4 N–H and O–H groups in total. The Kier molecular flexibility index (Phi) is 10.2. The Morgan fingerprint density at radius 2 is 1.42 bits per heavy atom. The van der Waals surface area contributed by atoms with E-state index in [-0.39, 0.29) is 35.7 Å². The van der Waals surface area contributed by atoms with Crippen LogP contribution >= 0.6 is 0 Å². The van der Waals surface area contributed by atoms with E-state index in [0.717, 1.165) is 12.8 Å². The van der Waals surface area contributed by atoms with Crippen LogP contribution in [0.5, 0.6) is 0 Å². The highest BCUT2D eigenvalue weighted by molar-refractivity contribution is 5.89. The van der Waals surface area contributed by atoms with Crippen LogP contribution in [0.3, 0.4) is 0 Å². The molecule has 1 aliphatic carbocycles. The number of carbonyl (C=O) groups excluding carboxylic acids is 1. The van der Waals surface area contributed by atoms with Gasteiger partial charge in [0.25, 0.3) is 0 Å². The normalized spacial score (nSPS) is 47.5. The highest BCUT2D eigenvalue weighted by atomic mass is 16.8. The third kappa shape index (κ3) is 6.40. The molecule has 3 heterocycles. The lowest BCUT2D eigenvalue weighted by Gasteiger charge is -2.42. The van der Waals surface area contributed by atoms with Crippen molar-refractivity contribution < 1.29 is 43.4 Å². The first-order valence-corrected chi connectivity index (χ1v) is 14.0. The monoisotopic (exact) mass is 539 g/mol. The summed E-state index contributed by atoms with van der Waals surface area (Å²) in [5, 5.41) is 21.2. The fourth-order valence-electron chi connectivity index (χ4n) is 5.50. The maximum absolute atomic E-state index is 13.3. The van der Waals surface area contributed by atoms with Gasteiger partial charge in [0, 0.05) is 11.8 Å². The molecule has 14 unspecified atom stereocenters. The van der Waals surface area contributed by atoms with Crippen molar-refractivity contribution >= 4 is 5.78 Å². The molecule has 10 nitrogen and oxygen atoms in total. The standard InChI is InChI=1S/C28H45NO9/c1-6-17-10-8-14(3)26(33-17)36-23-16(5)12-19(29)21(31)25(23)38-28-22(32)24(20(13-30)35-28)37-27-15(4)9-11-18(7-2)34-27/h8-11,14-20,22-28,30,32H,6-7,12-13,29H2,1-5H3. The van der Waals surface area contributed by atoms with Crippen molar-refractivity contribution in [3.05, 3.63) is 24.3 Å². The van der Waals surface area contributed by atoms with Gasteiger partial charge in [0.2, 0.25) is 0 Å². The van der Waals surface area contributed by atoms with Crippen LogP contribution in [0.15, 0.2) is 24.3 Å². The van der Waals surface area contributed by atoms with Crippen LogP contribution in [0.1, 0.15) is 53.9 Å². The molecule has 3 aliphatic heterocycles. The largest absolute Gasteiger partial charge is 0.394 e. The molecule has 2 fully saturated rings. The maximum atomic E-state index is 13.3. The van der Waals surface area contributed by atoms with Crippen molar-refractivity contribution in [3.8, 4) is 0 Å². The first kappa shape index (κ1) is 29.8. The molecule has 1 saturated carbocycles. The summed E-state index contributed by atoms with van der Waals surface area (Å²) in [4.78, 5) is 13.3. The van der Waals surface area contributed by atoms with E-state index in [9.17, 15) is 15.0 Å². The molecule has 0 aromatic heterocycles. The van der Waals surface area contributed by atoms with Crippen molar-refractivity contribution in [2.24, 2.45) is 23.5 Å². The van der Waals surface area contributed by atoms with Gasteiger partial charge in [0.05, 0.1) is 31.0 Å². The van der Waals surface area contributed by atoms with Gasteiger partial charge < -0.3 is 44.4 Å². The van der Waals surface area contributed by atoms with E-state index < -0.39 is 62.0 Å². The van der Waals surface area contributed by atoms with Gasteiger partial charge in [-0.1, -0.05) is 58.9 Å². The fraction of sp³-hybridized carbons (Fsp3) is 0.821. The Labute approximate surface area is 225 Å². The van der Waals surface area contributed by atoms with Crippen molar-refractivity contribution in [3.63, 3.8) is 0 Å². The average Bonchev–Trinajstić information content (AvgIpc) is 3.20. The number of aliphatic hydroxyl groups is 2. The predicted molar refractivity (Wildman–Crippen MR) is 138 cm³/mol. The minimum absolute atomic E-state index is 0.0142. The van der Waals surface area contributed by atoms with E-state index in [2.05, 4.69) is 6.08 Å². The molecule has 0 aromatic rings. The van der Waals surface area contributed by atoms with Crippen LogP contribution in [-0.2, 0) is 33.2 Å². The highest BCUT2D eigenvalue weighted by Gasteiger charge is 2.52. The van der Waals surface area contributed by atoms with E-state index in [4.69, 9.17) is 34.2 Å². The Hall–Kier alpha value is -1.21. The Morgan fingerprint density at radius 3 is 1.95 bits per heavy atom. The number of aliphatic hydroxyl groups excluding tert-OH is 2. The van der Waals surface area contributed by atoms with Gasteiger partial charge >= 0.3 is 0 Å². The summed E-state index contributed by atoms with van der Waals surface area (Å²) in [6.07, 6.45) is 2.79. The highest BCUT2D eigenvalue weighted by Crippen LogP contribution is 2.35. The van der Waals surface area contributed by atoms with Crippen molar-refractivity contribution in [2.45, 2.75) is 122 Å². The second-order valence-corrected chi connectivity index (χ2v) is 11.1. The van der Waals surface area contributed by atoms with Crippen molar-refractivity contribution in [2.75, 3.05) is 6.61 Å². The summed E-state index contributed by atoms with van der Waals surface area (Å²) in [5.74, 6) is -0.498. The topological polar surface area (TPSA) is 139 Å². The lowest BCUT2D eigenvalue weighted by molar-refractivity contribution is -0.266. The van der Waals surface area contributed by atoms with Crippen LogP contribution in [0.25, 0.3) is 0 Å². The van der Waals surface area contributed by atoms with Gasteiger partial charge in [-0.25, -0.2) is 0 Å². The Morgan fingerprint density at radius 1 is 0.868 bits per heavy atom. The zero-order chi connectivity index (χ0) is 27.6. The van der Waals surface area contributed by atoms with Crippen LogP contribution in [-0.4, -0.2) is 90.2 Å². The van der Waals surface area contributed by atoms with E-state index in [1.807, 2.05) is 52.8 Å². The Balaban J connectivity index is 1.48. The molecule has 0 aromatic carbocycles. The molecule has 216 valence electrons. The SMILES string of the molecule is CCC1C=CC(C)C(OC2C(C)CC(N)C(=O)C2OC2OC(CO)C(OC3OC(CC)C=CC3C)C2O)O1. The zero-order valence-corrected chi connectivity index (χ0v) is 23.1. The third-order valence-electron chi connectivity index (χ3n) is 8.00. The van der Waals surface area contributed by atoms with Gasteiger partial charge in [0.1, 0.15) is 24.4 Å². The summed E-state index contributed by atoms with van der Waals surface area (Å²) in [6, 6.07) is -0.726. The summed E-state index contributed by atoms with van der Waals surface area (Å²) in [5.41, 5.74) is 6.16. The molecule has 4 aliphatic rings. The molecule has 4 rings (SSSR count). The summed E-state index contributed by atoms with van der Waals surface area (Å²) >= 11 is 0. The second kappa shape index (κ2) is 13.0. The number of hydrogen-bond donors (Lipinski definition) is 3. The number of nitrogens with two attached hydrogens (primary N) is 1. The van der Waals surface area contributed by atoms with Crippen LogP contribution in [0, 0.1) is 17.8 Å². The molecule has 0 amide bonds. The first-order valence-electron chi connectivity index (χ1n) is 14.0. The molecule has 0 spiro atoms. The Bertz CT molecular complexity index is 852. The number of ether oxygens (including phenoxy) is 6. The van der Waals surface area contributed by atoms with E-state index in [1.54, 1.807) is 0 Å². The van der Waals surface area contributed by atoms with Crippen molar-refractivity contribution in [1.82, 2.24) is 0 Å². The first-order chi connectivity index (χ1) is 18.2. The fourth-order valence-corrected chi connectivity index (χ4v) is 5.50. The van der Waals surface area contributed by atoms with E-state index in [0.29, 0.717) is 6.42 Å². The van der Waals surface area contributed by atoms with Gasteiger partial charge in [-0.3, -0.25) is 4.79 Å². The van der Waals surface area contributed by atoms with Gasteiger partial charge in [0.15, 0.2) is 24.7 Å². The lowest BCUT2D eigenvalue weighted by Crippen LogP contribution is -2.58. The summed E-state index contributed by atoms with van der Waals surface area (Å²) in [6.45, 7) is 9.55. The van der Waals surface area contributed by atoms with Gasteiger partial charge in [-0.15, -0.1) is 0 Å². The molecule has 14 atom stereocenters. The molecule has 0 bridgehead atoms. The van der Waals surface area contributed by atoms with Crippen LogP contribution in [0.2, 0.25) is 0 Å². The number of ketones is 1. The minimum atomic E-state index is -1.27. The summed E-state index contributed by atoms with van der Waals surface area (Å²) in [7, 11) is 0. The smallest absolute Gasteiger partial charge is 0.187 e. The maximum Gasteiger partial charge on any atom is 0.187 e. The average molecular weight is 540 g/mol. The number of carbonyl (C=O) groups is 1. The molecule has 38 heavy (non-hydrogen) atoms. The number of hydrogen-bond acceptors (Lipinski definition) is 10. The molecular formula is C28H45NO9. The lowest BCUT2D eigenvalue weighted by atomic mass is 9.81. The molecule has 1 saturated heterocycles. The van der Waals surface area contributed by atoms with Crippen LogP contribution < -0.4 is 5.73 Å². The molecule has 0 radical (unpaired) electrons. The van der Waals surface area contributed by atoms with Gasteiger partial charge in [-0.05, 0) is 25.2 Å². The van der Waals surface area contributed by atoms with E-state index >= 15 is 0 Å². The molecule has 10 heteroatoms. The number of Topliss-reactive ketones (excluding diaryl/α,β-unsaturated/α-hetero) is 1. The zero-order valence-electron chi connectivity index (χ0n) is 23.1. The summed E-state index contributed by atoms with van der Waals surface area (Å²) < 4.78 is 36.6. The number of rotatable bonds is 9. The third-order valence-corrected chi connectivity index (χ3v) is 8.00. The van der Waals surface area contributed by atoms with Crippen LogP contribution in [0.4, 0.5) is 0 Å².